The van der Waals surface area contributed by atoms with Crippen molar-refractivity contribution in [1.82, 2.24) is 10.2 Å². The Balaban J connectivity index is 1.58. The van der Waals surface area contributed by atoms with E-state index in [1.807, 2.05) is 44.2 Å². The van der Waals surface area contributed by atoms with Gasteiger partial charge in [0, 0.05) is 38.0 Å². The molecule has 236 valence electrons. The Hall–Kier alpha value is -4.12. The monoisotopic (exact) mass is 625 g/mol. The van der Waals surface area contributed by atoms with Crippen LogP contribution in [0, 0.1) is 5.82 Å². The summed E-state index contributed by atoms with van der Waals surface area (Å²) < 4.78 is 51.7. The number of hydrogen-bond donors (Lipinski definition) is 1. The maximum absolute atomic E-state index is 13.9. The van der Waals surface area contributed by atoms with E-state index in [0.717, 1.165) is 18.2 Å². The van der Waals surface area contributed by atoms with Gasteiger partial charge in [-0.25, -0.2) is 12.8 Å². The van der Waals surface area contributed by atoms with Crippen molar-refractivity contribution in [2.45, 2.75) is 58.2 Å². The minimum atomic E-state index is -3.69. The maximum atomic E-state index is 13.9. The van der Waals surface area contributed by atoms with Gasteiger partial charge in [0.05, 0.1) is 11.9 Å². The van der Waals surface area contributed by atoms with Gasteiger partial charge in [-0.2, -0.15) is 0 Å². The number of sulfonamides is 1. The fraction of sp³-hybridized carbons (Fsp3) is 0.394. The number of anilines is 1. The van der Waals surface area contributed by atoms with Crippen LogP contribution in [-0.2, 0) is 32.6 Å². The molecule has 0 saturated carbocycles. The van der Waals surface area contributed by atoms with Crippen LogP contribution in [0.4, 0.5) is 10.1 Å². The Morgan fingerprint density at radius 2 is 1.64 bits per heavy atom. The summed E-state index contributed by atoms with van der Waals surface area (Å²) in [5, 5.41) is 3.02. The van der Waals surface area contributed by atoms with Crippen molar-refractivity contribution in [3.05, 3.63) is 89.7 Å². The summed E-state index contributed by atoms with van der Waals surface area (Å²) in [6, 6.07) is 19.3. The van der Waals surface area contributed by atoms with Crippen LogP contribution >= 0.6 is 0 Å². The van der Waals surface area contributed by atoms with Crippen molar-refractivity contribution in [1.29, 1.82) is 0 Å². The summed E-state index contributed by atoms with van der Waals surface area (Å²) in [4.78, 5) is 29.1. The fourth-order valence-electron chi connectivity index (χ4n) is 4.97. The predicted molar refractivity (Wildman–Crippen MR) is 168 cm³/mol. The number of benzene rings is 3. The van der Waals surface area contributed by atoms with E-state index in [9.17, 15) is 22.4 Å². The molecular formula is C33H40FN3O6S. The highest BCUT2D eigenvalue weighted by Crippen LogP contribution is 2.35. The number of carbonyl (C=O) groups excluding carboxylic acids is 2. The van der Waals surface area contributed by atoms with Crippen molar-refractivity contribution < 1.29 is 31.9 Å². The molecule has 9 nitrogen and oxygen atoms in total. The molecule has 1 aliphatic heterocycles. The molecule has 3 aromatic carbocycles. The van der Waals surface area contributed by atoms with Crippen molar-refractivity contribution >= 4 is 27.5 Å². The van der Waals surface area contributed by atoms with Crippen LogP contribution in [-0.4, -0.2) is 63.2 Å². The van der Waals surface area contributed by atoms with Crippen LogP contribution in [0.5, 0.6) is 11.5 Å². The van der Waals surface area contributed by atoms with E-state index in [1.54, 1.807) is 30.3 Å². The number of nitrogens with one attached hydrogen (secondary N) is 1. The van der Waals surface area contributed by atoms with Crippen LogP contribution in [0.15, 0.2) is 72.8 Å². The van der Waals surface area contributed by atoms with Crippen LogP contribution in [0.3, 0.4) is 0 Å². The minimum absolute atomic E-state index is 0.0142. The van der Waals surface area contributed by atoms with Crippen LogP contribution in [0.2, 0.25) is 0 Å². The zero-order valence-electron chi connectivity index (χ0n) is 25.4. The fourth-order valence-corrected chi connectivity index (χ4v) is 5.93. The number of halogens is 1. The topological polar surface area (TPSA) is 105 Å². The van der Waals surface area contributed by atoms with E-state index in [0.29, 0.717) is 36.0 Å². The van der Waals surface area contributed by atoms with Crippen molar-refractivity contribution in [3.63, 3.8) is 0 Å². The lowest BCUT2D eigenvalue weighted by atomic mass is 10.0. The van der Waals surface area contributed by atoms with Gasteiger partial charge >= 0.3 is 0 Å². The molecule has 0 radical (unpaired) electrons. The highest BCUT2D eigenvalue weighted by molar-refractivity contribution is 7.92. The number of fused-ring (bicyclic) bond motifs is 1. The molecule has 11 heteroatoms. The minimum Gasteiger partial charge on any atom is -0.486 e. The summed E-state index contributed by atoms with van der Waals surface area (Å²) in [5.41, 5.74) is 1.96. The third-order valence-electron chi connectivity index (χ3n) is 7.50. The van der Waals surface area contributed by atoms with Crippen molar-refractivity contribution in [3.8, 4) is 11.5 Å². The highest BCUT2D eigenvalue weighted by atomic mass is 32.2. The van der Waals surface area contributed by atoms with E-state index in [4.69, 9.17) is 9.47 Å². The normalized spacial score (nSPS) is 13.9. The zero-order valence-corrected chi connectivity index (χ0v) is 26.2. The highest BCUT2D eigenvalue weighted by Gasteiger charge is 2.31. The molecule has 0 spiro atoms. The van der Waals surface area contributed by atoms with E-state index in [2.05, 4.69) is 5.32 Å². The van der Waals surface area contributed by atoms with Gasteiger partial charge in [0.25, 0.3) is 0 Å². The molecule has 1 aliphatic rings. The quantitative estimate of drug-likeness (QED) is 0.279. The van der Waals surface area contributed by atoms with Gasteiger partial charge in [-0.1, -0.05) is 49.4 Å². The second-order valence-electron chi connectivity index (χ2n) is 10.9. The van der Waals surface area contributed by atoms with Gasteiger partial charge < -0.3 is 19.7 Å². The maximum Gasteiger partial charge on any atom is 0.243 e. The van der Waals surface area contributed by atoms with Crippen LogP contribution < -0.4 is 19.1 Å². The molecule has 44 heavy (non-hydrogen) atoms. The van der Waals surface area contributed by atoms with E-state index in [1.165, 1.54) is 21.3 Å². The first-order chi connectivity index (χ1) is 21.0. The smallest absolute Gasteiger partial charge is 0.243 e. The molecular weight excluding hydrogens is 585 g/mol. The SMILES string of the molecule is CCC(C)NC(=O)C(Cc1ccccc1)N(Cc1ccc(F)cc1)C(=O)CCCN(c1ccc2c(c1)OCCO2)S(C)(=O)=O. The molecule has 0 bridgehead atoms. The van der Waals surface area contributed by atoms with Crippen LogP contribution in [0.1, 0.15) is 44.2 Å². The van der Waals surface area contributed by atoms with Gasteiger partial charge in [0.15, 0.2) is 11.5 Å². The first kappa shape index (κ1) is 32.8. The van der Waals surface area contributed by atoms with Crippen molar-refractivity contribution in [2.75, 3.05) is 30.3 Å². The first-order valence-electron chi connectivity index (χ1n) is 14.8. The Morgan fingerprint density at radius 1 is 0.955 bits per heavy atom. The molecule has 2 atom stereocenters. The summed E-state index contributed by atoms with van der Waals surface area (Å²) in [5.74, 6) is 0.0000775. The molecule has 0 aromatic heterocycles. The average molecular weight is 626 g/mol. The Bertz CT molecular complexity index is 1520. The standard InChI is InChI=1S/C33H40FN3O6S/c1-4-24(2)35-33(39)29(21-25-9-6-5-7-10-25)36(23-26-12-14-27(34)15-13-26)32(38)11-8-18-37(44(3,40)41)28-16-17-30-31(22-28)43-20-19-42-30/h5-7,9-10,12-17,22,24,29H,4,8,11,18-21,23H2,1-3H3,(H,35,39). The Labute approximate surface area is 259 Å². The third kappa shape index (κ3) is 8.95. The summed E-state index contributed by atoms with van der Waals surface area (Å²) in [6.45, 7) is 4.77. The largest absolute Gasteiger partial charge is 0.486 e. The molecule has 4 rings (SSSR count). The number of nitrogens with zero attached hydrogens (tertiary/aromatic N) is 2. The van der Waals surface area contributed by atoms with Gasteiger partial charge in [0.1, 0.15) is 25.1 Å². The third-order valence-corrected chi connectivity index (χ3v) is 8.70. The lowest BCUT2D eigenvalue weighted by Gasteiger charge is -2.32. The van der Waals surface area contributed by atoms with Crippen LogP contribution in [0.25, 0.3) is 0 Å². The lowest BCUT2D eigenvalue weighted by molar-refractivity contribution is -0.141. The second kappa shape index (κ2) is 15.1. The predicted octanol–water partition coefficient (Wildman–Crippen LogP) is 4.70. The van der Waals surface area contributed by atoms with Gasteiger partial charge in [-0.15, -0.1) is 0 Å². The van der Waals surface area contributed by atoms with E-state index < -0.39 is 21.9 Å². The van der Waals surface area contributed by atoms with E-state index >= 15 is 0 Å². The molecule has 1 N–H and O–H groups in total. The number of carbonyl (C=O) groups is 2. The average Bonchev–Trinajstić information content (AvgIpc) is 3.01. The van der Waals surface area contributed by atoms with E-state index in [-0.39, 0.29) is 50.2 Å². The molecule has 3 aromatic rings. The molecule has 1 heterocycles. The number of amides is 2. The van der Waals surface area contributed by atoms with Gasteiger partial charge in [-0.3, -0.25) is 13.9 Å². The molecule has 2 unspecified atom stereocenters. The van der Waals surface area contributed by atoms with Gasteiger partial charge in [-0.05, 0) is 55.2 Å². The first-order valence-corrected chi connectivity index (χ1v) is 16.7. The molecule has 0 saturated heterocycles. The summed E-state index contributed by atoms with van der Waals surface area (Å²) in [6.07, 6.45) is 2.30. The number of rotatable bonds is 14. The summed E-state index contributed by atoms with van der Waals surface area (Å²) >= 11 is 0. The van der Waals surface area contributed by atoms with Gasteiger partial charge in [0.2, 0.25) is 21.8 Å². The Morgan fingerprint density at radius 3 is 2.30 bits per heavy atom. The molecule has 0 fully saturated rings. The number of ether oxygens (including phenoxy) is 2. The summed E-state index contributed by atoms with van der Waals surface area (Å²) in [7, 11) is -3.69. The molecule has 2 amide bonds. The molecule has 0 aliphatic carbocycles. The Kier molecular flexibility index (Phi) is 11.2. The van der Waals surface area contributed by atoms with Crippen molar-refractivity contribution in [2.24, 2.45) is 0 Å². The zero-order chi connectivity index (χ0) is 31.7. The number of hydrogen-bond acceptors (Lipinski definition) is 6. The lowest BCUT2D eigenvalue weighted by Crippen LogP contribution is -2.52. The second-order valence-corrected chi connectivity index (χ2v) is 12.8.